The Bertz CT molecular complexity index is 499. The van der Waals surface area contributed by atoms with Gasteiger partial charge in [0.1, 0.15) is 5.02 Å². The first-order valence-corrected chi connectivity index (χ1v) is 6.28. The fourth-order valence-electron chi connectivity index (χ4n) is 1.92. The number of benzene rings is 1. The molecule has 102 valence electrons. The van der Waals surface area contributed by atoms with Crippen molar-refractivity contribution in [3.05, 3.63) is 38.9 Å². The minimum atomic E-state index is -0.573. The zero-order chi connectivity index (χ0) is 13.8. The number of hydrogen-bond acceptors (Lipinski definition) is 4. The quantitative estimate of drug-likeness (QED) is 0.616. The average Bonchev–Trinajstić information content (AvgIpc) is 2.66. The zero-order valence-electron chi connectivity index (χ0n) is 10.2. The van der Waals surface area contributed by atoms with E-state index in [-0.39, 0.29) is 16.6 Å². The molecule has 0 unspecified atom stereocenters. The maximum atomic E-state index is 12.2. The highest BCUT2D eigenvalue weighted by Gasteiger charge is 2.20. The molecule has 1 amide bonds. The first-order chi connectivity index (χ1) is 9.09. The summed E-state index contributed by atoms with van der Waals surface area (Å²) in [5.74, 6) is -0.178. The van der Waals surface area contributed by atoms with E-state index in [0.717, 1.165) is 6.42 Å². The van der Waals surface area contributed by atoms with Crippen molar-refractivity contribution < 1.29 is 14.5 Å². The Labute approximate surface area is 115 Å². The van der Waals surface area contributed by atoms with E-state index in [1.165, 1.54) is 18.2 Å². The second kappa shape index (κ2) is 5.99. The zero-order valence-corrected chi connectivity index (χ0v) is 10.9. The molecular formula is C12H13ClN2O4. The summed E-state index contributed by atoms with van der Waals surface area (Å²) in [6.45, 7) is 2.29. The fraction of sp³-hybridized carbons (Fsp3) is 0.417. The predicted molar refractivity (Wildman–Crippen MR) is 69.4 cm³/mol. The minimum absolute atomic E-state index is 0.0260. The Morgan fingerprint density at radius 1 is 1.37 bits per heavy atom. The van der Waals surface area contributed by atoms with Gasteiger partial charge < -0.3 is 9.64 Å². The number of halogens is 1. The summed E-state index contributed by atoms with van der Waals surface area (Å²) in [5, 5.41) is 10.6. The predicted octanol–water partition coefficient (Wildman–Crippen LogP) is 2.11. The van der Waals surface area contributed by atoms with Gasteiger partial charge in [0.25, 0.3) is 11.6 Å². The molecule has 0 saturated carbocycles. The van der Waals surface area contributed by atoms with E-state index < -0.39 is 4.92 Å². The molecule has 19 heavy (non-hydrogen) atoms. The third-order valence-electron chi connectivity index (χ3n) is 2.90. The van der Waals surface area contributed by atoms with Crippen molar-refractivity contribution in [1.82, 2.24) is 4.90 Å². The monoisotopic (exact) mass is 284 g/mol. The van der Waals surface area contributed by atoms with Crippen molar-refractivity contribution in [3.8, 4) is 0 Å². The van der Waals surface area contributed by atoms with Gasteiger partial charge in [-0.15, -0.1) is 0 Å². The lowest BCUT2D eigenvalue weighted by atomic mass is 10.1. The van der Waals surface area contributed by atoms with Crippen LogP contribution >= 0.6 is 11.6 Å². The third-order valence-corrected chi connectivity index (χ3v) is 3.20. The summed E-state index contributed by atoms with van der Waals surface area (Å²) in [7, 11) is 0. The van der Waals surface area contributed by atoms with Crippen molar-refractivity contribution in [2.75, 3.05) is 26.3 Å². The van der Waals surface area contributed by atoms with Crippen LogP contribution in [0.4, 0.5) is 5.69 Å². The number of amides is 1. The van der Waals surface area contributed by atoms with E-state index in [1.807, 2.05) is 0 Å². The number of nitro groups is 1. The molecule has 1 aliphatic rings. The molecule has 0 spiro atoms. The first kappa shape index (κ1) is 13.8. The van der Waals surface area contributed by atoms with E-state index in [2.05, 4.69) is 0 Å². The summed E-state index contributed by atoms with van der Waals surface area (Å²) in [6.07, 6.45) is 0.784. The van der Waals surface area contributed by atoms with Gasteiger partial charge in [0.05, 0.1) is 11.5 Å². The van der Waals surface area contributed by atoms with E-state index in [4.69, 9.17) is 16.3 Å². The number of nitrogens with zero attached hydrogens (tertiary/aromatic N) is 2. The normalized spacial score (nSPS) is 15.9. The van der Waals surface area contributed by atoms with Gasteiger partial charge in [-0.3, -0.25) is 14.9 Å². The summed E-state index contributed by atoms with van der Waals surface area (Å²) < 4.78 is 5.28. The van der Waals surface area contributed by atoms with Gasteiger partial charge >= 0.3 is 0 Å². The van der Waals surface area contributed by atoms with E-state index in [9.17, 15) is 14.9 Å². The van der Waals surface area contributed by atoms with Crippen LogP contribution in [0.5, 0.6) is 0 Å². The van der Waals surface area contributed by atoms with Crippen molar-refractivity contribution in [2.45, 2.75) is 6.42 Å². The van der Waals surface area contributed by atoms with Gasteiger partial charge in [-0.1, -0.05) is 11.6 Å². The fourth-order valence-corrected chi connectivity index (χ4v) is 2.17. The van der Waals surface area contributed by atoms with Crippen LogP contribution < -0.4 is 0 Å². The van der Waals surface area contributed by atoms with Gasteiger partial charge in [-0.25, -0.2) is 0 Å². The molecule has 1 heterocycles. The number of carbonyl (C=O) groups excluding carboxylic acids is 1. The average molecular weight is 285 g/mol. The van der Waals surface area contributed by atoms with Crippen molar-refractivity contribution in [3.63, 3.8) is 0 Å². The topological polar surface area (TPSA) is 72.7 Å². The molecule has 0 aromatic heterocycles. The van der Waals surface area contributed by atoms with Crippen LogP contribution in [-0.4, -0.2) is 42.0 Å². The lowest BCUT2D eigenvalue weighted by molar-refractivity contribution is -0.384. The Morgan fingerprint density at radius 3 is 2.84 bits per heavy atom. The highest BCUT2D eigenvalue weighted by atomic mass is 35.5. The maximum absolute atomic E-state index is 12.2. The summed E-state index contributed by atoms with van der Waals surface area (Å²) in [5.41, 5.74) is 0.162. The molecule has 0 atom stereocenters. The molecule has 0 radical (unpaired) electrons. The third kappa shape index (κ3) is 3.21. The number of ether oxygens (including phenoxy) is 1. The van der Waals surface area contributed by atoms with Crippen LogP contribution in [0.25, 0.3) is 0 Å². The van der Waals surface area contributed by atoms with Crippen molar-refractivity contribution in [1.29, 1.82) is 0 Å². The SMILES string of the molecule is O=C(c1ccc([N+](=O)[O-])c(Cl)c1)N1CCCOCC1. The van der Waals surface area contributed by atoms with Crippen molar-refractivity contribution in [2.24, 2.45) is 0 Å². The molecule has 2 rings (SSSR count). The van der Waals surface area contributed by atoms with Gasteiger partial charge in [-0.2, -0.15) is 0 Å². The summed E-state index contributed by atoms with van der Waals surface area (Å²) in [6, 6.07) is 4.02. The first-order valence-electron chi connectivity index (χ1n) is 5.90. The van der Waals surface area contributed by atoms with Crippen LogP contribution in [0.1, 0.15) is 16.8 Å². The minimum Gasteiger partial charge on any atom is -0.380 e. The van der Waals surface area contributed by atoms with E-state index >= 15 is 0 Å². The van der Waals surface area contributed by atoms with Crippen LogP contribution in [0.2, 0.25) is 5.02 Å². The Hall–Kier alpha value is -1.66. The Morgan fingerprint density at radius 2 is 2.16 bits per heavy atom. The van der Waals surface area contributed by atoms with Gasteiger partial charge in [0.2, 0.25) is 0 Å². The smallest absolute Gasteiger partial charge is 0.287 e. The van der Waals surface area contributed by atoms with Crippen molar-refractivity contribution >= 4 is 23.2 Å². The summed E-state index contributed by atoms with van der Waals surface area (Å²) in [4.78, 5) is 24.0. The number of hydrogen-bond donors (Lipinski definition) is 0. The highest BCUT2D eigenvalue weighted by Crippen LogP contribution is 2.25. The molecule has 1 aromatic rings. The standard InChI is InChI=1S/C12H13ClN2O4/c13-10-8-9(2-3-11(10)15(17)18)12(16)14-4-1-6-19-7-5-14/h2-3,8H,1,4-7H2. The Balaban J connectivity index is 2.19. The van der Waals surface area contributed by atoms with Gasteiger partial charge in [-0.05, 0) is 18.6 Å². The number of nitro benzene ring substituents is 1. The molecular weight excluding hydrogens is 272 g/mol. The maximum Gasteiger partial charge on any atom is 0.287 e. The molecule has 6 nitrogen and oxygen atoms in total. The number of rotatable bonds is 2. The number of carbonyl (C=O) groups is 1. The van der Waals surface area contributed by atoms with Gasteiger partial charge in [0, 0.05) is 31.3 Å². The molecule has 0 aliphatic carbocycles. The van der Waals surface area contributed by atoms with Crippen LogP contribution in [-0.2, 0) is 4.74 Å². The largest absolute Gasteiger partial charge is 0.380 e. The Kier molecular flexibility index (Phi) is 4.34. The van der Waals surface area contributed by atoms with Crippen LogP contribution in [0.15, 0.2) is 18.2 Å². The summed E-state index contributed by atoms with van der Waals surface area (Å²) >= 11 is 5.80. The van der Waals surface area contributed by atoms with Gasteiger partial charge in [0.15, 0.2) is 0 Å². The molecule has 7 heteroatoms. The second-order valence-corrected chi connectivity index (χ2v) is 4.59. The molecule has 1 saturated heterocycles. The van der Waals surface area contributed by atoms with E-state index in [0.29, 0.717) is 31.9 Å². The van der Waals surface area contributed by atoms with E-state index in [1.54, 1.807) is 4.90 Å². The highest BCUT2D eigenvalue weighted by molar-refractivity contribution is 6.33. The lowest BCUT2D eigenvalue weighted by Crippen LogP contribution is -2.33. The second-order valence-electron chi connectivity index (χ2n) is 4.18. The molecule has 0 bridgehead atoms. The van der Waals surface area contributed by atoms with Crippen LogP contribution in [0.3, 0.4) is 0 Å². The van der Waals surface area contributed by atoms with Crippen LogP contribution in [0, 0.1) is 10.1 Å². The molecule has 0 N–H and O–H groups in total. The molecule has 1 fully saturated rings. The molecule has 1 aliphatic heterocycles. The lowest BCUT2D eigenvalue weighted by Gasteiger charge is -2.19. The molecule has 1 aromatic carbocycles.